The number of rotatable bonds is 14. The first-order chi connectivity index (χ1) is 25.0. The van der Waals surface area contributed by atoms with Crippen molar-refractivity contribution in [2.45, 2.75) is 163 Å². The van der Waals surface area contributed by atoms with Crippen molar-refractivity contribution in [1.82, 2.24) is 10.6 Å². The molecule has 5 saturated carbocycles. The first-order valence-electron chi connectivity index (χ1n) is 19.6. The van der Waals surface area contributed by atoms with Crippen LogP contribution in [-0.2, 0) is 43.2 Å². The molecule has 5 aliphatic carbocycles. The van der Waals surface area contributed by atoms with Gasteiger partial charge in [-0.25, -0.2) is 8.42 Å². The molecule has 2 amide bonds. The first kappa shape index (κ1) is 40.3. The van der Waals surface area contributed by atoms with Crippen molar-refractivity contribution < 1.29 is 52.0 Å². The van der Waals surface area contributed by atoms with E-state index < -0.39 is 80.0 Å². The number of sulfone groups is 1. The molecule has 0 aromatic heterocycles. The highest BCUT2D eigenvalue weighted by molar-refractivity contribution is 7.92. The highest BCUT2D eigenvalue weighted by atomic mass is 32.2. The van der Waals surface area contributed by atoms with E-state index in [9.17, 15) is 37.8 Å². The summed E-state index contributed by atoms with van der Waals surface area (Å²) in [6.07, 6.45) is 18.7. The van der Waals surface area contributed by atoms with E-state index in [1.807, 2.05) is 0 Å². The number of carbonyl (C=O) groups excluding carboxylic acids is 2. The number of ether oxygens (including phenoxy) is 3. The minimum absolute atomic E-state index is 0.188. The van der Waals surface area contributed by atoms with Gasteiger partial charge in [0, 0.05) is 12.1 Å². The summed E-state index contributed by atoms with van der Waals surface area (Å²) in [5.41, 5.74) is 0. The third kappa shape index (κ3) is 10.6. The summed E-state index contributed by atoms with van der Waals surface area (Å²) < 4.78 is 45.3. The maximum atomic E-state index is 14.0. The molecule has 14 heteroatoms. The molecule has 52 heavy (non-hydrogen) atoms. The van der Waals surface area contributed by atoms with Crippen molar-refractivity contribution in [3.8, 4) is 12.5 Å². The second-order valence-corrected chi connectivity index (χ2v) is 18.3. The molecule has 5 fully saturated rings. The van der Waals surface area contributed by atoms with Crippen molar-refractivity contribution >= 4 is 33.6 Å². The monoisotopic (exact) mass is 750 g/mol. The minimum Gasteiger partial charge on any atom is -0.481 e. The average molecular weight is 751 g/mol. The number of nitrogens with one attached hydrogen (secondary N) is 2. The van der Waals surface area contributed by atoms with Crippen LogP contribution in [0.25, 0.3) is 0 Å². The topological polar surface area (TPSA) is 195 Å². The number of hydrogen-bond acceptors (Lipinski definition) is 9. The molecule has 0 aromatic rings. The van der Waals surface area contributed by atoms with Gasteiger partial charge in [-0.3, -0.25) is 19.2 Å². The SMILES string of the molecule is C#COC1CCC(C(=O)O)C(C(=O)NC2CCCC(S(=O)(=O)C3CCCC(NC(=O)C4CC(OCCOC5CCCCC5)CCC4C(=O)O)C3)C2)C1. The van der Waals surface area contributed by atoms with E-state index in [0.29, 0.717) is 77.4 Å². The van der Waals surface area contributed by atoms with Crippen molar-refractivity contribution in [2.24, 2.45) is 23.7 Å². The Bertz CT molecular complexity index is 1390. The molecule has 0 aromatic carbocycles. The summed E-state index contributed by atoms with van der Waals surface area (Å²) >= 11 is 0. The molecule has 0 heterocycles. The maximum Gasteiger partial charge on any atom is 0.307 e. The summed E-state index contributed by atoms with van der Waals surface area (Å²) in [7, 11) is -3.63. The standard InChI is InChI=1S/C38H58N2O11S/c1-2-49-27-14-16-31(37(43)44)33(22-27)35(41)39-24-8-6-12-29(20-24)52(47,48)30-13-7-9-25(21-30)40-36(42)34-23-28(15-17-32(34)38(45)46)51-19-18-50-26-10-4-3-5-11-26/h1,24-34H,3-23H2,(H,39,41)(H,40,42)(H,43,44)(H,45,46). The average Bonchev–Trinajstić information content (AvgIpc) is 3.14. The summed E-state index contributed by atoms with van der Waals surface area (Å²) in [6.45, 7) is 0.869. The number of hydrogen-bond donors (Lipinski definition) is 4. The quantitative estimate of drug-likeness (QED) is 0.148. The molecular formula is C38H58N2O11S. The van der Waals surface area contributed by atoms with Crippen molar-refractivity contribution in [3.05, 3.63) is 0 Å². The normalized spacial score (nSPS) is 34.7. The molecule has 5 aliphatic rings. The van der Waals surface area contributed by atoms with Crippen LogP contribution in [0.4, 0.5) is 0 Å². The molecule has 13 nitrogen and oxygen atoms in total. The Morgan fingerprint density at radius 3 is 1.56 bits per heavy atom. The molecule has 0 radical (unpaired) electrons. The predicted octanol–water partition coefficient (Wildman–Crippen LogP) is 3.97. The van der Waals surface area contributed by atoms with Gasteiger partial charge in [0.1, 0.15) is 12.2 Å². The number of carboxylic acids is 2. The fourth-order valence-electron chi connectivity index (χ4n) is 9.49. The Morgan fingerprint density at radius 2 is 1.06 bits per heavy atom. The lowest BCUT2D eigenvalue weighted by Crippen LogP contribution is -2.51. The molecular weight excluding hydrogens is 692 g/mol. The molecule has 0 spiro atoms. The number of aliphatic carboxylic acids is 2. The van der Waals surface area contributed by atoms with Gasteiger partial charge in [0.2, 0.25) is 11.8 Å². The van der Waals surface area contributed by atoms with Crippen LogP contribution in [0.2, 0.25) is 0 Å². The van der Waals surface area contributed by atoms with Gasteiger partial charge in [0.15, 0.2) is 9.84 Å². The third-order valence-electron chi connectivity index (χ3n) is 12.4. The van der Waals surface area contributed by atoms with Crippen LogP contribution < -0.4 is 10.6 Å². The largest absolute Gasteiger partial charge is 0.481 e. The van der Waals surface area contributed by atoms with Crippen LogP contribution in [-0.4, -0.2) is 96.5 Å². The summed E-state index contributed by atoms with van der Waals surface area (Å²) in [5, 5.41) is 24.3. The number of terminal acetylenes is 1. The zero-order valence-electron chi connectivity index (χ0n) is 30.3. The molecule has 0 saturated heterocycles. The lowest BCUT2D eigenvalue weighted by Gasteiger charge is -2.38. The van der Waals surface area contributed by atoms with Crippen LogP contribution in [0.1, 0.15) is 122 Å². The summed E-state index contributed by atoms with van der Waals surface area (Å²) in [5.74, 6) is -6.12. The van der Waals surface area contributed by atoms with E-state index in [0.717, 1.165) is 12.8 Å². The van der Waals surface area contributed by atoms with Crippen LogP contribution in [0.15, 0.2) is 0 Å². The van der Waals surface area contributed by atoms with Gasteiger partial charge in [-0.15, -0.1) is 0 Å². The molecule has 10 atom stereocenters. The zero-order chi connectivity index (χ0) is 37.3. The fraction of sp³-hybridized carbons (Fsp3) is 0.842. The lowest BCUT2D eigenvalue weighted by atomic mass is 9.77. The van der Waals surface area contributed by atoms with E-state index in [4.69, 9.17) is 20.6 Å². The predicted molar refractivity (Wildman–Crippen MR) is 190 cm³/mol. The molecule has 292 valence electrons. The molecule has 0 aliphatic heterocycles. The maximum absolute atomic E-state index is 14.0. The van der Waals surface area contributed by atoms with Gasteiger partial charge in [-0.2, -0.15) is 0 Å². The second kappa shape index (κ2) is 18.9. The van der Waals surface area contributed by atoms with Crippen LogP contribution in [0.3, 0.4) is 0 Å². The van der Waals surface area contributed by atoms with Gasteiger partial charge in [0.05, 0.1) is 59.6 Å². The molecule has 5 rings (SSSR count). The Balaban J connectivity index is 1.13. The highest BCUT2D eigenvalue weighted by Crippen LogP contribution is 2.37. The van der Waals surface area contributed by atoms with Gasteiger partial charge in [0.25, 0.3) is 0 Å². The summed E-state index contributed by atoms with van der Waals surface area (Å²) in [6, 6.07) is -0.797. The Labute approximate surface area is 308 Å². The Kier molecular flexibility index (Phi) is 14.7. The number of amides is 2. The Hall–Kier alpha value is -2.89. The van der Waals surface area contributed by atoms with Crippen LogP contribution in [0, 0.1) is 36.2 Å². The molecule has 4 N–H and O–H groups in total. The molecule has 0 bridgehead atoms. The lowest BCUT2D eigenvalue weighted by molar-refractivity contribution is -0.152. The highest BCUT2D eigenvalue weighted by Gasteiger charge is 2.45. The zero-order valence-corrected chi connectivity index (χ0v) is 31.1. The van der Waals surface area contributed by atoms with Crippen molar-refractivity contribution in [3.63, 3.8) is 0 Å². The Morgan fingerprint density at radius 1 is 0.577 bits per heavy atom. The van der Waals surface area contributed by atoms with Crippen molar-refractivity contribution in [2.75, 3.05) is 13.2 Å². The van der Waals surface area contributed by atoms with Gasteiger partial charge < -0.3 is 35.1 Å². The van der Waals surface area contributed by atoms with E-state index in [1.54, 1.807) is 0 Å². The smallest absolute Gasteiger partial charge is 0.307 e. The van der Waals surface area contributed by atoms with E-state index >= 15 is 0 Å². The molecule has 10 unspecified atom stereocenters. The van der Waals surface area contributed by atoms with E-state index in [1.165, 1.54) is 19.3 Å². The fourth-order valence-corrected chi connectivity index (χ4v) is 12.0. The number of carbonyl (C=O) groups is 4. The van der Waals surface area contributed by atoms with E-state index in [2.05, 4.69) is 16.7 Å². The third-order valence-corrected chi connectivity index (χ3v) is 15.1. The first-order valence-corrected chi connectivity index (χ1v) is 21.2. The van der Waals surface area contributed by atoms with Crippen LogP contribution in [0.5, 0.6) is 0 Å². The van der Waals surface area contributed by atoms with Crippen LogP contribution >= 0.6 is 0 Å². The van der Waals surface area contributed by atoms with Crippen molar-refractivity contribution in [1.29, 1.82) is 0 Å². The van der Waals surface area contributed by atoms with Gasteiger partial charge >= 0.3 is 11.9 Å². The number of carboxylic acid groups (broad SMARTS) is 2. The van der Waals surface area contributed by atoms with E-state index in [-0.39, 0.29) is 43.8 Å². The minimum atomic E-state index is -3.63. The van der Waals surface area contributed by atoms with Gasteiger partial charge in [-0.05, 0) is 89.9 Å². The van der Waals surface area contributed by atoms with Gasteiger partial charge in [-0.1, -0.05) is 38.5 Å². The summed E-state index contributed by atoms with van der Waals surface area (Å²) in [4.78, 5) is 51.0. The second-order valence-electron chi connectivity index (χ2n) is 15.8.